The predicted octanol–water partition coefficient (Wildman–Crippen LogP) is -0.184. The van der Waals surface area contributed by atoms with E-state index in [1.54, 1.807) is 0 Å². The van der Waals surface area contributed by atoms with Crippen molar-refractivity contribution < 1.29 is 9.90 Å². The number of piperazine rings is 1. The fourth-order valence-corrected chi connectivity index (χ4v) is 2.54. The van der Waals surface area contributed by atoms with Crippen LogP contribution in [0.5, 0.6) is 0 Å². The number of carboxylic acid groups (broad SMARTS) is 1. The Balaban J connectivity index is 1.77. The van der Waals surface area contributed by atoms with Crippen LogP contribution >= 0.6 is 0 Å². The number of nitrogens with zero attached hydrogens (tertiary/aromatic N) is 2. The van der Waals surface area contributed by atoms with Crippen molar-refractivity contribution in [2.24, 2.45) is 11.7 Å². The maximum Gasteiger partial charge on any atom is 0.320 e. The lowest BCUT2D eigenvalue weighted by Gasteiger charge is -2.37. The van der Waals surface area contributed by atoms with Crippen molar-refractivity contribution in [2.45, 2.75) is 25.3 Å². The van der Waals surface area contributed by atoms with Crippen molar-refractivity contribution in [1.29, 1.82) is 0 Å². The molecule has 17 heavy (non-hydrogen) atoms. The molecule has 2 rings (SSSR count). The van der Waals surface area contributed by atoms with Gasteiger partial charge in [-0.3, -0.25) is 9.69 Å². The van der Waals surface area contributed by atoms with Crippen molar-refractivity contribution in [3.05, 3.63) is 0 Å². The Morgan fingerprint density at radius 3 is 2.41 bits per heavy atom. The van der Waals surface area contributed by atoms with Gasteiger partial charge in [0.2, 0.25) is 0 Å². The standard InChI is InChI=1S/C12H23N3O2/c13-4-3-11(12(16)17)15-7-5-14(6-8-15)9-10-1-2-10/h10-11H,1-9,13H2,(H,16,17). The second-order valence-corrected chi connectivity index (χ2v) is 5.21. The number of rotatable bonds is 6. The zero-order valence-electron chi connectivity index (χ0n) is 10.3. The largest absolute Gasteiger partial charge is 0.480 e. The third-order valence-electron chi connectivity index (χ3n) is 3.79. The minimum absolute atomic E-state index is 0.386. The summed E-state index contributed by atoms with van der Waals surface area (Å²) in [7, 11) is 0. The Morgan fingerprint density at radius 1 is 1.29 bits per heavy atom. The van der Waals surface area contributed by atoms with Crippen LogP contribution in [0.2, 0.25) is 0 Å². The SMILES string of the molecule is NCCC(C(=O)O)N1CCN(CC2CC2)CC1. The van der Waals surface area contributed by atoms with Gasteiger partial charge < -0.3 is 15.7 Å². The average Bonchev–Trinajstić information content (AvgIpc) is 3.11. The highest BCUT2D eigenvalue weighted by molar-refractivity contribution is 5.73. The van der Waals surface area contributed by atoms with E-state index in [1.165, 1.54) is 19.4 Å². The zero-order chi connectivity index (χ0) is 12.3. The molecule has 0 aromatic carbocycles. The highest BCUT2D eigenvalue weighted by Gasteiger charge is 2.30. The predicted molar refractivity (Wildman–Crippen MR) is 65.8 cm³/mol. The van der Waals surface area contributed by atoms with Crippen molar-refractivity contribution in [3.8, 4) is 0 Å². The van der Waals surface area contributed by atoms with Gasteiger partial charge in [0.15, 0.2) is 0 Å². The first-order valence-electron chi connectivity index (χ1n) is 6.60. The normalized spacial score (nSPS) is 24.8. The van der Waals surface area contributed by atoms with Crippen LogP contribution in [0.1, 0.15) is 19.3 Å². The molecule has 1 saturated carbocycles. The fourth-order valence-electron chi connectivity index (χ4n) is 2.54. The molecule has 0 aromatic rings. The van der Waals surface area contributed by atoms with E-state index in [-0.39, 0.29) is 6.04 Å². The van der Waals surface area contributed by atoms with Crippen LogP contribution in [0.15, 0.2) is 0 Å². The van der Waals surface area contributed by atoms with Gasteiger partial charge in [-0.25, -0.2) is 0 Å². The van der Waals surface area contributed by atoms with Crippen LogP contribution in [-0.2, 0) is 4.79 Å². The van der Waals surface area contributed by atoms with E-state index in [2.05, 4.69) is 9.80 Å². The average molecular weight is 241 g/mol. The van der Waals surface area contributed by atoms with Crippen LogP contribution in [0.3, 0.4) is 0 Å². The van der Waals surface area contributed by atoms with Gasteiger partial charge in [-0.2, -0.15) is 0 Å². The monoisotopic (exact) mass is 241 g/mol. The Hall–Kier alpha value is -0.650. The molecule has 2 fully saturated rings. The molecule has 0 bridgehead atoms. The van der Waals surface area contributed by atoms with Gasteiger partial charge in [-0.05, 0) is 31.7 Å². The molecule has 98 valence electrons. The molecule has 1 unspecified atom stereocenters. The number of nitrogens with two attached hydrogens (primary N) is 1. The Labute approximate surface area is 103 Å². The summed E-state index contributed by atoms with van der Waals surface area (Å²) in [6.45, 7) is 5.39. The van der Waals surface area contributed by atoms with Crippen LogP contribution in [0.25, 0.3) is 0 Å². The molecule has 5 nitrogen and oxygen atoms in total. The number of carbonyl (C=O) groups is 1. The molecular formula is C12H23N3O2. The lowest BCUT2D eigenvalue weighted by Crippen LogP contribution is -2.53. The Morgan fingerprint density at radius 2 is 1.94 bits per heavy atom. The lowest BCUT2D eigenvalue weighted by atomic mass is 10.1. The van der Waals surface area contributed by atoms with Gasteiger partial charge in [0.05, 0.1) is 0 Å². The Kier molecular flexibility index (Phi) is 4.36. The molecule has 1 aliphatic heterocycles. The molecule has 0 radical (unpaired) electrons. The summed E-state index contributed by atoms with van der Waals surface area (Å²) < 4.78 is 0. The topological polar surface area (TPSA) is 69.8 Å². The maximum absolute atomic E-state index is 11.1. The van der Waals surface area contributed by atoms with E-state index in [0.717, 1.165) is 32.1 Å². The van der Waals surface area contributed by atoms with Gasteiger partial charge in [-0.1, -0.05) is 0 Å². The van der Waals surface area contributed by atoms with Crippen LogP contribution in [-0.4, -0.2) is 66.2 Å². The second-order valence-electron chi connectivity index (χ2n) is 5.21. The summed E-state index contributed by atoms with van der Waals surface area (Å²) in [4.78, 5) is 15.7. The van der Waals surface area contributed by atoms with E-state index in [9.17, 15) is 4.79 Å². The summed E-state index contributed by atoms with van der Waals surface area (Å²) in [6, 6.07) is -0.386. The third kappa shape index (κ3) is 3.66. The van der Waals surface area contributed by atoms with Crippen molar-refractivity contribution in [2.75, 3.05) is 39.3 Å². The molecule has 3 N–H and O–H groups in total. The smallest absolute Gasteiger partial charge is 0.320 e. The van der Waals surface area contributed by atoms with Gasteiger partial charge in [0, 0.05) is 32.7 Å². The molecule has 0 aromatic heterocycles. The van der Waals surface area contributed by atoms with Crippen molar-refractivity contribution >= 4 is 5.97 Å². The second kappa shape index (κ2) is 5.80. The number of aliphatic carboxylic acids is 1. The molecule has 1 heterocycles. The third-order valence-corrected chi connectivity index (χ3v) is 3.79. The van der Waals surface area contributed by atoms with Crippen LogP contribution < -0.4 is 5.73 Å². The van der Waals surface area contributed by atoms with E-state index in [1.807, 2.05) is 0 Å². The molecule has 1 atom stereocenters. The molecule has 0 spiro atoms. The van der Waals surface area contributed by atoms with Gasteiger partial charge in [0.25, 0.3) is 0 Å². The summed E-state index contributed by atoms with van der Waals surface area (Å²) in [6.07, 6.45) is 3.31. The summed E-state index contributed by atoms with van der Waals surface area (Å²) >= 11 is 0. The highest BCUT2D eigenvalue weighted by Crippen LogP contribution is 2.30. The fraction of sp³-hybridized carbons (Fsp3) is 0.917. The first kappa shape index (κ1) is 12.8. The first-order valence-corrected chi connectivity index (χ1v) is 6.60. The van der Waals surface area contributed by atoms with E-state index < -0.39 is 5.97 Å². The van der Waals surface area contributed by atoms with Crippen LogP contribution in [0, 0.1) is 5.92 Å². The number of hydrogen-bond donors (Lipinski definition) is 2. The van der Waals surface area contributed by atoms with E-state index in [0.29, 0.717) is 13.0 Å². The summed E-state index contributed by atoms with van der Waals surface area (Å²) in [5.74, 6) is 0.187. The number of carboxylic acids is 1. The first-order chi connectivity index (χ1) is 8.20. The van der Waals surface area contributed by atoms with Gasteiger partial charge in [-0.15, -0.1) is 0 Å². The van der Waals surface area contributed by atoms with E-state index >= 15 is 0 Å². The zero-order valence-corrected chi connectivity index (χ0v) is 10.3. The van der Waals surface area contributed by atoms with Crippen LogP contribution in [0.4, 0.5) is 0 Å². The van der Waals surface area contributed by atoms with Crippen molar-refractivity contribution in [1.82, 2.24) is 9.80 Å². The van der Waals surface area contributed by atoms with Gasteiger partial charge in [0.1, 0.15) is 6.04 Å². The lowest BCUT2D eigenvalue weighted by molar-refractivity contribution is -0.144. The number of hydrogen-bond acceptors (Lipinski definition) is 4. The van der Waals surface area contributed by atoms with Crippen molar-refractivity contribution in [3.63, 3.8) is 0 Å². The highest BCUT2D eigenvalue weighted by atomic mass is 16.4. The molecule has 5 heteroatoms. The molecule has 2 aliphatic rings. The maximum atomic E-state index is 11.1. The molecule has 1 aliphatic carbocycles. The molecule has 0 amide bonds. The molecule has 1 saturated heterocycles. The minimum Gasteiger partial charge on any atom is -0.480 e. The molecular weight excluding hydrogens is 218 g/mol. The summed E-state index contributed by atoms with van der Waals surface area (Å²) in [5, 5.41) is 9.17. The Bertz CT molecular complexity index is 260. The van der Waals surface area contributed by atoms with Gasteiger partial charge >= 0.3 is 5.97 Å². The minimum atomic E-state index is -0.730. The quantitative estimate of drug-likeness (QED) is 0.675. The van der Waals surface area contributed by atoms with E-state index in [4.69, 9.17) is 10.8 Å². The summed E-state index contributed by atoms with van der Waals surface area (Å²) in [5.41, 5.74) is 5.47.